The monoisotopic (exact) mass is 464 g/mol. The average Bonchev–Trinajstić information content (AvgIpc) is 2.77. The number of hydrogen-bond donors (Lipinski definition) is 1. The Hall–Kier alpha value is -3.42. The third kappa shape index (κ3) is 5.88. The van der Waals surface area contributed by atoms with Gasteiger partial charge in [-0.3, -0.25) is 4.79 Å². The van der Waals surface area contributed by atoms with Gasteiger partial charge in [0, 0.05) is 12.0 Å². The molecule has 0 aliphatic carbocycles. The van der Waals surface area contributed by atoms with Crippen LogP contribution >= 0.6 is 0 Å². The number of phenolic OH excluding ortho intramolecular Hbond substituents is 1. The minimum atomic E-state index is -4.60. The lowest BCUT2D eigenvalue weighted by molar-refractivity contribution is -0.143. The minimum absolute atomic E-state index is 0.00768. The van der Waals surface area contributed by atoms with Crippen molar-refractivity contribution in [2.45, 2.75) is 32.4 Å². The lowest BCUT2D eigenvalue weighted by Crippen LogP contribution is -2.06. The first kappa shape index (κ1) is 24.2. The summed E-state index contributed by atoms with van der Waals surface area (Å²) in [6, 6.07) is 12.7. The molecule has 174 valence electrons. The smallest absolute Gasteiger partial charge is 0.416 e. The zero-order valence-electron chi connectivity index (χ0n) is 17.6. The standard InChI is InChI=1S/C25H21F5O3/c1-2-33-23(32)11-7-16-13-19(31)8-10-20(16)17-6-9-21(22(14-17)24(26)27)15-4-3-5-18(12-15)25(28,29)30/h3-6,8-10,12-14,24,31H,2,7,11H2,1H3. The number of ether oxygens (including phenoxy) is 1. The third-order valence-corrected chi connectivity index (χ3v) is 5.09. The molecule has 3 nitrogen and oxygen atoms in total. The first-order valence-corrected chi connectivity index (χ1v) is 10.2. The van der Waals surface area contributed by atoms with E-state index in [1.807, 2.05) is 0 Å². The Bertz CT molecular complexity index is 1140. The highest BCUT2D eigenvalue weighted by atomic mass is 19.4. The van der Waals surface area contributed by atoms with Crippen LogP contribution in [0.2, 0.25) is 0 Å². The first-order valence-electron chi connectivity index (χ1n) is 10.2. The van der Waals surface area contributed by atoms with E-state index in [0.717, 1.165) is 12.1 Å². The van der Waals surface area contributed by atoms with E-state index < -0.39 is 29.7 Å². The van der Waals surface area contributed by atoms with Gasteiger partial charge in [0.15, 0.2) is 0 Å². The van der Waals surface area contributed by atoms with Crippen molar-refractivity contribution in [3.8, 4) is 28.0 Å². The maximum absolute atomic E-state index is 13.9. The summed E-state index contributed by atoms with van der Waals surface area (Å²) in [7, 11) is 0. The highest BCUT2D eigenvalue weighted by Crippen LogP contribution is 2.38. The van der Waals surface area contributed by atoms with Gasteiger partial charge in [0.05, 0.1) is 12.2 Å². The number of aromatic hydroxyl groups is 1. The second-order valence-corrected chi connectivity index (χ2v) is 7.33. The van der Waals surface area contributed by atoms with Crippen LogP contribution in [0, 0.1) is 0 Å². The lowest BCUT2D eigenvalue weighted by atomic mass is 9.91. The van der Waals surface area contributed by atoms with Crippen LogP contribution in [0.3, 0.4) is 0 Å². The van der Waals surface area contributed by atoms with Gasteiger partial charge in [-0.1, -0.05) is 30.3 Å². The quantitative estimate of drug-likeness (QED) is 0.298. The molecular weight excluding hydrogens is 443 g/mol. The van der Waals surface area contributed by atoms with E-state index in [0.29, 0.717) is 16.7 Å². The molecule has 0 bridgehead atoms. The van der Waals surface area contributed by atoms with Crippen LogP contribution in [0.15, 0.2) is 60.7 Å². The van der Waals surface area contributed by atoms with Crippen molar-refractivity contribution in [3.05, 3.63) is 77.4 Å². The summed E-state index contributed by atoms with van der Waals surface area (Å²) in [5.41, 5.74) is 0.136. The Balaban J connectivity index is 2.04. The summed E-state index contributed by atoms with van der Waals surface area (Å²) in [6.45, 7) is 1.90. The molecule has 0 aromatic heterocycles. The Kier molecular flexibility index (Phi) is 7.36. The van der Waals surface area contributed by atoms with Gasteiger partial charge in [-0.15, -0.1) is 0 Å². The van der Waals surface area contributed by atoms with Crippen LogP contribution in [-0.2, 0) is 22.1 Å². The highest BCUT2D eigenvalue weighted by Gasteiger charge is 2.30. The number of benzene rings is 3. The summed E-state index contributed by atoms with van der Waals surface area (Å²) in [4.78, 5) is 11.7. The minimum Gasteiger partial charge on any atom is -0.508 e. The zero-order valence-corrected chi connectivity index (χ0v) is 17.6. The molecule has 0 atom stereocenters. The second kappa shape index (κ2) is 10.0. The molecule has 0 saturated heterocycles. The molecule has 0 saturated carbocycles. The normalized spacial score (nSPS) is 11.6. The second-order valence-electron chi connectivity index (χ2n) is 7.33. The van der Waals surface area contributed by atoms with Crippen molar-refractivity contribution in [1.29, 1.82) is 0 Å². The van der Waals surface area contributed by atoms with Gasteiger partial charge in [0.1, 0.15) is 5.75 Å². The van der Waals surface area contributed by atoms with Crippen LogP contribution in [-0.4, -0.2) is 17.7 Å². The number of carbonyl (C=O) groups excluding carboxylic acids is 1. The van der Waals surface area contributed by atoms with Crippen molar-refractivity contribution in [2.24, 2.45) is 0 Å². The number of aryl methyl sites for hydroxylation is 1. The zero-order chi connectivity index (χ0) is 24.2. The maximum Gasteiger partial charge on any atom is 0.416 e. The van der Waals surface area contributed by atoms with Gasteiger partial charge in [-0.25, -0.2) is 8.78 Å². The van der Waals surface area contributed by atoms with E-state index in [2.05, 4.69) is 0 Å². The van der Waals surface area contributed by atoms with Crippen molar-refractivity contribution in [1.82, 2.24) is 0 Å². The number of phenols is 1. The summed E-state index contributed by atoms with van der Waals surface area (Å²) >= 11 is 0. The highest BCUT2D eigenvalue weighted by molar-refractivity contribution is 5.77. The van der Waals surface area contributed by atoms with Gasteiger partial charge in [-0.2, -0.15) is 13.2 Å². The molecule has 0 radical (unpaired) electrons. The molecule has 0 spiro atoms. The van der Waals surface area contributed by atoms with Crippen molar-refractivity contribution < 1.29 is 36.6 Å². The number of alkyl halides is 5. The van der Waals surface area contributed by atoms with Gasteiger partial charge in [-0.05, 0) is 71.5 Å². The van der Waals surface area contributed by atoms with Gasteiger partial charge in [0.25, 0.3) is 6.43 Å². The predicted molar refractivity (Wildman–Crippen MR) is 114 cm³/mol. The molecule has 3 aromatic carbocycles. The Labute approximate surface area is 187 Å². The summed E-state index contributed by atoms with van der Waals surface area (Å²) < 4.78 is 72.0. The molecule has 0 aliphatic heterocycles. The molecule has 33 heavy (non-hydrogen) atoms. The van der Waals surface area contributed by atoms with Gasteiger partial charge >= 0.3 is 12.1 Å². The van der Waals surface area contributed by atoms with Crippen molar-refractivity contribution in [3.63, 3.8) is 0 Å². The average molecular weight is 464 g/mol. The largest absolute Gasteiger partial charge is 0.508 e. The predicted octanol–water partition coefficient (Wildman–Crippen LogP) is 7.18. The summed E-state index contributed by atoms with van der Waals surface area (Å²) in [5, 5.41) is 9.85. The molecule has 0 unspecified atom stereocenters. The topological polar surface area (TPSA) is 46.5 Å². The SMILES string of the molecule is CCOC(=O)CCc1cc(O)ccc1-c1ccc(-c2cccc(C(F)(F)F)c2)c(C(F)F)c1. The molecule has 0 heterocycles. The van der Waals surface area contributed by atoms with Gasteiger partial charge < -0.3 is 9.84 Å². The maximum atomic E-state index is 13.9. The Morgan fingerprint density at radius 1 is 0.970 bits per heavy atom. The fraction of sp³-hybridized carbons (Fsp3) is 0.240. The number of esters is 1. The first-order chi connectivity index (χ1) is 15.6. The molecular formula is C25H21F5O3. The van der Waals surface area contributed by atoms with Crippen molar-refractivity contribution in [2.75, 3.05) is 6.61 Å². The number of hydrogen-bond acceptors (Lipinski definition) is 3. The van der Waals surface area contributed by atoms with Crippen LogP contribution in [0.25, 0.3) is 22.3 Å². The number of carbonyl (C=O) groups is 1. The molecule has 0 aliphatic rings. The van der Waals surface area contributed by atoms with E-state index in [9.17, 15) is 31.9 Å². The van der Waals surface area contributed by atoms with E-state index in [1.54, 1.807) is 13.0 Å². The third-order valence-electron chi connectivity index (χ3n) is 5.09. The Morgan fingerprint density at radius 2 is 1.67 bits per heavy atom. The molecule has 0 fully saturated rings. The van der Waals surface area contributed by atoms with Gasteiger partial charge in [0.2, 0.25) is 0 Å². The summed E-state index contributed by atoms with van der Waals surface area (Å²) in [5.74, 6) is -0.479. The van der Waals surface area contributed by atoms with Crippen LogP contribution in [0.4, 0.5) is 22.0 Å². The molecule has 0 amide bonds. The fourth-order valence-corrected chi connectivity index (χ4v) is 3.58. The van der Waals surface area contributed by atoms with E-state index in [4.69, 9.17) is 4.74 Å². The number of halogens is 5. The van der Waals surface area contributed by atoms with Crippen LogP contribution in [0.1, 0.15) is 36.5 Å². The molecule has 3 aromatic rings. The Morgan fingerprint density at radius 3 is 2.33 bits per heavy atom. The lowest BCUT2D eigenvalue weighted by Gasteiger charge is -2.16. The van der Waals surface area contributed by atoms with Crippen LogP contribution in [0.5, 0.6) is 5.75 Å². The fourth-order valence-electron chi connectivity index (χ4n) is 3.58. The molecule has 1 N–H and O–H groups in total. The van der Waals surface area contributed by atoms with Crippen molar-refractivity contribution >= 4 is 5.97 Å². The molecule has 3 rings (SSSR count). The summed E-state index contributed by atoms with van der Waals surface area (Å²) in [6.07, 6.45) is -7.29. The van der Waals surface area contributed by atoms with E-state index in [1.165, 1.54) is 42.5 Å². The number of rotatable bonds is 7. The van der Waals surface area contributed by atoms with E-state index >= 15 is 0 Å². The van der Waals surface area contributed by atoms with E-state index in [-0.39, 0.29) is 36.3 Å². The molecule has 8 heteroatoms. The van der Waals surface area contributed by atoms with Crippen LogP contribution < -0.4 is 0 Å².